The van der Waals surface area contributed by atoms with Crippen molar-refractivity contribution in [2.45, 2.75) is 17.5 Å². The minimum Gasteiger partial charge on any atom is -0.473 e. The summed E-state index contributed by atoms with van der Waals surface area (Å²) in [6.07, 6.45) is 5.13. The number of carbonyl (C=O) groups is 2. The Bertz CT molecular complexity index is 1010. The molecule has 7 nitrogen and oxygen atoms in total. The number of hydrogen-bond acceptors (Lipinski definition) is 5. The molecule has 170 valence electrons. The van der Waals surface area contributed by atoms with Gasteiger partial charge in [-0.15, -0.1) is 11.8 Å². The average Bonchev–Trinajstić information content (AvgIpc) is 3.25. The standard InChI is InChI=1S/C19H17Cl2FN2OS.C2H2O4/c20-14-1-6-17(18(21)11-14)19(12-24-8-7-23-13-24)25-9-10-26-16-4-2-15(22)3-5-16;3-1(4)2(5)6/h1-8,11,13,19H,9-10,12H2;(H,3,4)(H,5,6). The van der Waals surface area contributed by atoms with E-state index in [9.17, 15) is 4.39 Å². The number of nitrogens with zero attached hydrogens (tertiary/aromatic N) is 2. The first kappa shape index (κ1) is 25.7. The molecule has 0 amide bonds. The smallest absolute Gasteiger partial charge is 0.414 e. The molecule has 0 fully saturated rings. The Hall–Kier alpha value is -2.59. The molecule has 0 aliphatic heterocycles. The van der Waals surface area contributed by atoms with Crippen LogP contribution in [0.25, 0.3) is 0 Å². The highest BCUT2D eigenvalue weighted by atomic mass is 35.5. The zero-order chi connectivity index (χ0) is 23.5. The number of rotatable bonds is 8. The number of ether oxygens (including phenoxy) is 1. The fourth-order valence-electron chi connectivity index (χ4n) is 2.47. The Morgan fingerprint density at radius 1 is 1.12 bits per heavy atom. The minimum absolute atomic E-state index is 0.220. The normalized spacial score (nSPS) is 11.3. The second-order valence-electron chi connectivity index (χ2n) is 6.20. The van der Waals surface area contributed by atoms with E-state index in [-0.39, 0.29) is 11.9 Å². The summed E-state index contributed by atoms with van der Waals surface area (Å²) in [6.45, 7) is 1.13. The Kier molecular flexibility index (Phi) is 10.5. The second-order valence-corrected chi connectivity index (χ2v) is 8.21. The van der Waals surface area contributed by atoms with Crippen molar-refractivity contribution in [2.75, 3.05) is 12.4 Å². The molecule has 2 N–H and O–H groups in total. The first-order valence-electron chi connectivity index (χ1n) is 9.13. The van der Waals surface area contributed by atoms with E-state index in [1.54, 1.807) is 48.6 Å². The van der Waals surface area contributed by atoms with Crippen molar-refractivity contribution in [1.29, 1.82) is 0 Å². The van der Waals surface area contributed by atoms with Gasteiger partial charge in [0.05, 0.1) is 19.5 Å². The first-order valence-corrected chi connectivity index (χ1v) is 10.9. The van der Waals surface area contributed by atoms with Gasteiger partial charge >= 0.3 is 11.9 Å². The Morgan fingerprint density at radius 2 is 1.81 bits per heavy atom. The monoisotopic (exact) mass is 500 g/mol. The Labute approximate surface area is 197 Å². The van der Waals surface area contributed by atoms with Crippen molar-refractivity contribution < 1.29 is 28.9 Å². The van der Waals surface area contributed by atoms with Crippen LogP contribution in [0.15, 0.2) is 66.1 Å². The lowest BCUT2D eigenvalue weighted by Crippen LogP contribution is -2.14. The Balaban J connectivity index is 0.000000534. The molecule has 1 atom stereocenters. The van der Waals surface area contributed by atoms with Crippen LogP contribution in [-0.2, 0) is 20.9 Å². The van der Waals surface area contributed by atoms with E-state index >= 15 is 0 Å². The van der Waals surface area contributed by atoms with Gasteiger partial charge in [0.25, 0.3) is 0 Å². The summed E-state index contributed by atoms with van der Waals surface area (Å²) in [5.74, 6) is -3.13. The lowest BCUT2D eigenvalue weighted by atomic mass is 10.1. The summed E-state index contributed by atoms with van der Waals surface area (Å²) in [5, 5.41) is 15.9. The highest BCUT2D eigenvalue weighted by molar-refractivity contribution is 7.99. The van der Waals surface area contributed by atoms with E-state index < -0.39 is 11.9 Å². The summed E-state index contributed by atoms with van der Waals surface area (Å²) in [6, 6.07) is 11.9. The van der Waals surface area contributed by atoms with Gasteiger partial charge in [-0.05, 0) is 36.4 Å². The van der Waals surface area contributed by atoms with Crippen LogP contribution in [0.3, 0.4) is 0 Å². The van der Waals surface area contributed by atoms with Gasteiger partial charge in [0, 0.05) is 38.7 Å². The van der Waals surface area contributed by atoms with Gasteiger partial charge in [-0.1, -0.05) is 29.3 Å². The zero-order valence-corrected chi connectivity index (χ0v) is 18.9. The maximum Gasteiger partial charge on any atom is 0.414 e. The minimum atomic E-state index is -1.82. The van der Waals surface area contributed by atoms with Crippen LogP contribution in [0.1, 0.15) is 11.7 Å². The summed E-state index contributed by atoms with van der Waals surface area (Å²) < 4.78 is 21.0. The van der Waals surface area contributed by atoms with E-state index in [4.69, 9.17) is 47.7 Å². The van der Waals surface area contributed by atoms with E-state index in [1.807, 2.05) is 16.8 Å². The summed E-state index contributed by atoms with van der Waals surface area (Å²) in [4.78, 5) is 23.3. The van der Waals surface area contributed by atoms with Crippen LogP contribution in [0.5, 0.6) is 0 Å². The molecular formula is C21H19Cl2FN2O5S. The molecule has 0 saturated heterocycles. The zero-order valence-electron chi connectivity index (χ0n) is 16.5. The largest absolute Gasteiger partial charge is 0.473 e. The van der Waals surface area contributed by atoms with Gasteiger partial charge in [0.15, 0.2) is 0 Å². The third-order valence-corrected chi connectivity index (χ3v) is 5.45. The summed E-state index contributed by atoms with van der Waals surface area (Å²) in [5.41, 5.74) is 0.886. The van der Waals surface area contributed by atoms with Gasteiger partial charge in [-0.2, -0.15) is 0 Å². The van der Waals surface area contributed by atoms with Crippen LogP contribution in [0, 0.1) is 5.82 Å². The number of halogens is 3. The predicted molar refractivity (Wildman–Crippen MR) is 120 cm³/mol. The van der Waals surface area contributed by atoms with E-state index in [0.29, 0.717) is 23.2 Å². The van der Waals surface area contributed by atoms with Crippen LogP contribution in [-0.4, -0.2) is 44.1 Å². The van der Waals surface area contributed by atoms with Gasteiger partial charge < -0.3 is 19.5 Å². The van der Waals surface area contributed by atoms with E-state index in [0.717, 1.165) is 16.2 Å². The number of benzene rings is 2. The number of aliphatic carboxylic acids is 2. The van der Waals surface area contributed by atoms with E-state index in [1.165, 1.54) is 12.1 Å². The third-order valence-electron chi connectivity index (χ3n) is 3.91. The molecule has 1 unspecified atom stereocenters. The van der Waals surface area contributed by atoms with E-state index in [2.05, 4.69) is 4.98 Å². The number of hydrogen-bond donors (Lipinski definition) is 2. The van der Waals surface area contributed by atoms with Crippen LogP contribution in [0.2, 0.25) is 10.0 Å². The molecule has 32 heavy (non-hydrogen) atoms. The van der Waals surface area contributed by atoms with Gasteiger partial charge in [0.2, 0.25) is 0 Å². The third kappa shape index (κ3) is 8.88. The van der Waals surface area contributed by atoms with Gasteiger partial charge in [-0.3, -0.25) is 0 Å². The number of aromatic nitrogens is 2. The van der Waals surface area contributed by atoms with Crippen molar-refractivity contribution in [1.82, 2.24) is 9.55 Å². The lowest BCUT2D eigenvalue weighted by molar-refractivity contribution is -0.159. The average molecular weight is 501 g/mol. The molecule has 3 rings (SSSR count). The van der Waals surface area contributed by atoms with Crippen molar-refractivity contribution in [3.8, 4) is 0 Å². The SMILES string of the molecule is Fc1ccc(SCCOC(Cn2ccnc2)c2ccc(Cl)cc2Cl)cc1.O=C(O)C(=O)O. The van der Waals surface area contributed by atoms with Gasteiger partial charge in [-0.25, -0.2) is 19.0 Å². The molecule has 0 aliphatic carbocycles. The Morgan fingerprint density at radius 3 is 2.38 bits per heavy atom. The maximum absolute atomic E-state index is 13.0. The molecule has 0 bridgehead atoms. The van der Waals surface area contributed by atoms with Crippen molar-refractivity contribution in [2.24, 2.45) is 0 Å². The predicted octanol–water partition coefficient (Wildman–Crippen LogP) is 5.03. The van der Waals surface area contributed by atoms with Crippen LogP contribution >= 0.6 is 35.0 Å². The second kappa shape index (κ2) is 13.1. The summed E-state index contributed by atoms with van der Waals surface area (Å²) >= 11 is 14.0. The van der Waals surface area contributed by atoms with Crippen LogP contribution in [0.4, 0.5) is 4.39 Å². The molecule has 11 heteroatoms. The molecule has 0 radical (unpaired) electrons. The molecule has 3 aromatic rings. The lowest BCUT2D eigenvalue weighted by Gasteiger charge is -2.20. The number of thioether (sulfide) groups is 1. The molecule has 2 aromatic carbocycles. The van der Waals surface area contributed by atoms with Crippen molar-refractivity contribution >= 4 is 46.9 Å². The number of imidazole rings is 1. The maximum atomic E-state index is 13.0. The molecule has 1 aromatic heterocycles. The first-order chi connectivity index (χ1) is 15.3. The molecule has 0 aliphatic rings. The van der Waals surface area contributed by atoms with Gasteiger partial charge in [0.1, 0.15) is 11.9 Å². The molecular weight excluding hydrogens is 482 g/mol. The van der Waals surface area contributed by atoms with Crippen molar-refractivity contribution in [3.05, 3.63) is 82.6 Å². The highest BCUT2D eigenvalue weighted by Gasteiger charge is 2.16. The number of carboxylic acid groups (broad SMARTS) is 2. The van der Waals surface area contributed by atoms with Crippen LogP contribution < -0.4 is 0 Å². The van der Waals surface area contributed by atoms with Crippen molar-refractivity contribution in [3.63, 3.8) is 0 Å². The summed E-state index contributed by atoms with van der Waals surface area (Å²) in [7, 11) is 0. The fraction of sp³-hybridized carbons (Fsp3) is 0.190. The molecule has 1 heterocycles. The quantitative estimate of drug-likeness (QED) is 0.254. The molecule has 0 spiro atoms. The highest BCUT2D eigenvalue weighted by Crippen LogP contribution is 2.30. The number of carboxylic acids is 2. The topological polar surface area (TPSA) is 102 Å². The fourth-order valence-corrected chi connectivity index (χ4v) is 3.74. The molecule has 0 saturated carbocycles.